The molecule has 0 saturated heterocycles. The van der Waals surface area contributed by atoms with E-state index in [1.807, 2.05) is 0 Å². The van der Waals surface area contributed by atoms with Gasteiger partial charge in [-0.05, 0) is 50.3 Å². The molecule has 0 aliphatic carbocycles. The molecule has 262 valence electrons. The number of benzene rings is 4. The van der Waals surface area contributed by atoms with Gasteiger partial charge in [-0.15, -0.1) is 0 Å². The van der Waals surface area contributed by atoms with Gasteiger partial charge < -0.3 is 18.4 Å². The van der Waals surface area contributed by atoms with Crippen molar-refractivity contribution < 1.29 is 48.4 Å². The number of esters is 1. The van der Waals surface area contributed by atoms with Crippen LogP contribution in [0.2, 0.25) is 0 Å². The van der Waals surface area contributed by atoms with Crippen LogP contribution in [-0.2, 0) is 35.1 Å². The maximum Gasteiger partial charge on any atom is 0.311 e. The lowest BCUT2D eigenvalue weighted by atomic mass is 9.93. The summed E-state index contributed by atoms with van der Waals surface area (Å²) < 4.78 is 115. The van der Waals surface area contributed by atoms with Crippen LogP contribution in [0.4, 0.5) is 0 Å². The summed E-state index contributed by atoms with van der Waals surface area (Å²) in [5.41, 5.74) is 0. The third-order valence-electron chi connectivity index (χ3n) is 8.42. The molecular formula is C34H39O11S3-3. The molecule has 0 amide bonds. The minimum Gasteiger partial charge on any atom is -0.744 e. The summed E-state index contributed by atoms with van der Waals surface area (Å²) in [5, 5.41) is -1.18. The van der Waals surface area contributed by atoms with E-state index in [0.29, 0.717) is 12.5 Å². The van der Waals surface area contributed by atoms with Crippen molar-refractivity contribution in [3.05, 3.63) is 48.6 Å². The highest BCUT2D eigenvalue weighted by Gasteiger charge is 2.24. The summed E-state index contributed by atoms with van der Waals surface area (Å²) in [6.45, 7) is 2.21. The Labute approximate surface area is 281 Å². The maximum atomic E-state index is 12.8. The molecule has 14 heteroatoms. The Balaban J connectivity index is 1.48. The van der Waals surface area contributed by atoms with Gasteiger partial charge >= 0.3 is 5.97 Å². The molecule has 0 atom stereocenters. The summed E-state index contributed by atoms with van der Waals surface area (Å²) in [6.07, 6.45) is 18.4. The highest BCUT2D eigenvalue weighted by molar-refractivity contribution is 7.87. The van der Waals surface area contributed by atoms with E-state index in [4.69, 9.17) is 4.74 Å². The van der Waals surface area contributed by atoms with Gasteiger partial charge in [0.25, 0.3) is 0 Å². The third kappa shape index (κ3) is 9.30. The lowest BCUT2D eigenvalue weighted by Gasteiger charge is -2.22. The minimum atomic E-state index is -5.33. The average Bonchev–Trinajstić information content (AvgIpc) is 3.00. The fourth-order valence-corrected chi connectivity index (χ4v) is 8.25. The molecule has 4 aromatic rings. The molecule has 0 N–H and O–H groups in total. The van der Waals surface area contributed by atoms with Gasteiger partial charge in [-0.25, -0.2) is 25.3 Å². The smallest absolute Gasteiger partial charge is 0.311 e. The van der Waals surface area contributed by atoms with E-state index in [-0.39, 0.29) is 44.5 Å². The number of rotatable bonds is 19. The zero-order valence-corrected chi connectivity index (χ0v) is 29.2. The van der Waals surface area contributed by atoms with Crippen molar-refractivity contribution in [1.29, 1.82) is 0 Å². The number of carbonyl (C=O) groups excluding carboxylic acids is 1. The second kappa shape index (κ2) is 16.0. The second-order valence-electron chi connectivity index (χ2n) is 12.0. The molecule has 0 saturated carbocycles. The first kappa shape index (κ1) is 37.7. The molecule has 0 radical (unpaired) electrons. The largest absolute Gasteiger partial charge is 0.744 e. The zero-order chi connectivity index (χ0) is 35.1. The van der Waals surface area contributed by atoms with E-state index >= 15 is 0 Å². The predicted molar refractivity (Wildman–Crippen MR) is 179 cm³/mol. The van der Waals surface area contributed by atoms with Crippen LogP contribution in [0.15, 0.2) is 63.2 Å². The van der Waals surface area contributed by atoms with Crippen molar-refractivity contribution in [2.24, 2.45) is 0 Å². The molecular weight excluding hydrogens is 681 g/mol. The van der Waals surface area contributed by atoms with Crippen LogP contribution in [0.1, 0.15) is 96.8 Å². The van der Waals surface area contributed by atoms with Gasteiger partial charge in [-0.2, -0.15) is 0 Å². The number of allylic oxidation sites excluding steroid dienone is 2. The monoisotopic (exact) mass is 719 g/mol. The Kier molecular flexibility index (Phi) is 12.6. The van der Waals surface area contributed by atoms with E-state index in [2.05, 4.69) is 19.1 Å². The number of hydrogen-bond acceptors (Lipinski definition) is 11. The molecule has 0 unspecified atom stereocenters. The van der Waals surface area contributed by atoms with Crippen LogP contribution in [0, 0.1) is 0 Å². The SMILES string of the molecule is CCCCCCCCC=CCCCCCCCC(=O)Oc1cc(S(=O)(=O)[O-])c2ccc3c(S(=O)(=O)[O-])cc(S(=O)(=O)[O-])c4ccc1c2c43. The highest BCUT2D eigenvalue weighted by Crippen LogP contribution is 2.45. The standard InChI is InChI=1S/C34H42O11S3/c1-2-3-4-5-6-7-8-9-10-11-12-13-14-15-16-17-32(35)45-28-22-29(46(36,37)38)25-20-21-27-31(48(42,43)44)23-30(47(39,40)41)26-19-18-24(28)33(25)34(26)27/h9-10,18-23H,2-8,11-17H2,1H3,(H,36,37,38)(H,39,40,41)(H,42,43,44)/p-3. The molecule has 4 rings (SSSR count). The summed E-state index contributed by atoms with van der Waals surface area (Å²) in [4.78, 5) is 9.99. The molecule has 4 aromatic carbocycles. The molecule has 48 heavy (non-hydrogen) atoms. The van der Waals surface area contributed by atoms with E-state index in [9.17, 15) is 43.7 Å². The van der Waals surface area contributed by atoms with Gasteiger partial charge in [-0.1, -0.05) is 88.6 Å². The van der Waals surface area contributed by atoms with Crippen LogP contribution in [0.3, 0.4) is 0 Å². The van der Waals surface area contributed by atoms with Crippen LogP contribution < -0.4 is 4.74 Å². The van der Waals surface area contributed by atoms with Crippen LogP contribution in [-0.4, -0.2) is 44.9 Å². The Hall–Kier alpha value is -3.14. The first-order valence-corrected chi connectivity index (χ1v) is 20.4. The normalized spacial score (nSPS) is 13.0. The lowest BCUT2D eigenvalue weighted by molar-refractivity contribution is -0.134. The van der Waals surface area contributed by atoms with Crippen LogP contribution >= 0.6 is 0 Å². The molecule has 0 aromatic heterocycles. The molecule has 0 aliphatic rings. The van der Waals surface area contributed by atoms with E-state index < -0.39 is 51.0 Å². The van der Waals surface area contributed by atoms with Gasteiger partial charge in [-0.3, -0.25) is 4.79 Å². The van der Waals surface area contributed by atoms with Crippen LogP contribution in [0.5, 0.6) is 5.75 Å². The molecule has 0 bridgehead atoms. The zero-order valence-electron chi connectivity index (χ0n) is 26.7. The topological polar surface area (TPSA) is 198 Å². The summed E-state index contributed by atoms with van der Waals surface area (Å²) in [6, 6.07) is 5.96. The van der Waals surface area contributed by atoms with Gasteiger partial charge in [0.05, 0.1) is 14.7 Å². The van der Waals surface area contributed by atoms with E-state index in [1.54, 1.807) is 0 Å². The molecule has 11 nitrogen and oxygen atoms in total. The molecule has 0 spiro atoms. The molecule has 0 fully saturated rings. The van der Waals surface area contributed by atoms with Crippen molar-refractivity contribution >= 4 is 68.6 Å². The third-order valence-corrected chi connectivity index (χ3v) is 11.1. The van der Waals surface area contributed by atoms with Gasteiger partial charge in [0.1, 0.15) is 36.1 Å². The Morgan fingerprint density at radius 1 is 0.583 bits per heavy atom. The van der Waals surface area contributed by atoms with Gasteiger partial charge in [0.15, 0.2) is 0 Å². The van der Waals surface area contributed by atoms with Crippen molar-refractivity contribution in [2.75, 3.05) is 0 Å². The summed E-state index contributed by atoms with van der Waals surface area (Å²) in [7, 11) is -15.9. The van der Waals surface area contributed by atoms with Crippen molar-refractivity contribution in [2.45, 2.75) is 112 Å². The summed E-state index contributed by atoms with van der Waals surface area (Å²) >= 11 is 0. The highest BCUT2D eigenvalue weighted by atomic mass is 32.2. The fourth-order valence-electron chi connectivity index (χ4n) is 6.08. The van der Waals surface area contributed by atoms with Crippen molar-refractivity contribution in [3.8, 4) is 5.75 Å². The van der Waals surface area contributed by atoms with Crippen LogP contribution in [0.25, 0.3) is 32.3 Å². The maximum absolute atomic E-state index is 12.8. The molecule has 0 aliphatic heterocycles. The quantitative estimate of drug-likeness (QED) is 0.0236. The Morgan fingerprint density at radius 3 is 1.46 bits per heavy atom. The van der Waals surface area contributed by atoms with E-state index in [0.717, 1.165) is 56.7 Å². The number of hydrogen-bond donors (Lipinski definition) is 0. The minimum absolute atomic E-state index is 0.00323. The second-order valence-corrected chi connectivity index (χ2v) is 16.0. The molecule has 0 heterocycles. The van der Waals surface area contributed by atoms with Gasteiger partial charge in [0.2, 0.25) is 0 Å². The summed E-state index contributed by atoms with van der Waals surface area (Å²) in [5.74, 6) is -1.03. The predicted octanol–water partition coefficient (Wildman–Crippen LogP) is 7.24. The lowest BCUT2D eigenvalue weighted by Crippen LogP contribution is -2.10. The van der Waals surface area contributed by atoms with Crippen molar-refractivity contribution in [1.82, 2.24) is 0 Å². The van der Waals surface area contributed by atoms with Gasteiger partial charge in [0, 0.05) is 38.7 Å². The Morgan fingerprint density at radius 2 is 0.979 bits per heavy atom. The van der Waals surface area contributed by atoms with Crippen molar-refractivity contribution in [3.63, 3.8) is 0 Å². The first-order valence-electron chi connectivity index (χ1n) is 16.2. The number of carbonyl (C=O) groups is 1. The first-order chi connectivity index (χ1) is 22.6. The fraction of sp³-hybridized carbons (Fsp3) is 0.441. The van der Waals surface area contributed by atoms with E-state index in [1.165, 1.54) is 50.7 Å². The average molecular weight is 720 g/mol. The Bertz CT molecular complexity index is 2070. The number of ether oxygens (including phenoxy) is 1. The number of unbranched alkanes of at least 4 members (excludes halogenated alkanes) is 11.